The van der Waals surface area contributed by atoms with Gasteiger partial charge in [0.2, 0.25) is 4.96 Å². The molecule has 2 aromatic carbocycles. The van der Waals surface area contributed by atoms with Gasteiger partial charge in [-0.3, -0.25) is 4.79 Å². The van der Waals surface area contributed by atoms with Crippen LogP contribution in [-0.2, 0) is 0 Å². The van der Waals surface area contributed by atoms with Gasteiger partial charge < -0.3 is 9.47 Å². The summed E-state index contributed by atoms with van der Waals surface area (Å²) in [6.07, 6.45) is 7.20. The molecule has 0 N–H and O–H groups in total. The van der Waals surface area contributed by atoms with Gasteiger partial charge >= 0.3 is 0 Å². The van der Waals surface area contributed by atoms with Gasteiger partial charge in [0.25, 0.3) is 5.56 Å². The lowest BCUT2D eigenvalue weighted by Gasteiger charge is -2.22. The standard InChI is InChI=1S/C26H25N3O3S/c1-3-4-7-14-31-21-12-10-18(11-13-21)24-27-26-29(28-24)25(30)23(33-26)16-20-15-19-8-5-6-9-22(19)32-17(20)2/h5-6,8-13,15-17H,3-4,7,14H2,1-2H3/b23-16-/t17-/m0/s1. The normalized spacial score (nSPS) is 15.9. The van der Waals surface area contributed by atoms with Crippen LogP contribution < -0.4 is 19.6 Å². The molecule has 0 bridgehead atoms. The van der Waals surface area contributed by atoms with E-state index in [1.165, 1.54) is 28.7 Å². The minimum Gasteiger partial charge on any atom is -0.494 e. The van der Waals surface area contributed by atoms with E-state index in [2.05, 4.69) is 23.1 Å². The number of hydrogen-bond acceptors (Lipinski definition) is 6. The Labute approximate surface area is 195 Å². The second kappa shape index (κ2) is 9.19. The van der Waals surface area contributed by atoms with E-state index in [0.717, 1.165) is 41.2 Å². The Morgan fingerprint density at radius 2 is 1.97 bits per heavy atom. The van der Waals surface area contributed by atoms with Crippen LogP contribution in [0.5, 0.6) is 11.5 Å². The fraction of sp³-hybridized carbons (Fsp3) is 0.269. The van der Waals surface area contributed by atoms with Crippen molar-refractivity contribution in [1.82, 2.24) is 14.6 Å². The number of hydrogen-bond donors (Lipinski definition) is 0. The average Bonchev–Trinajstić information content (AvgIpc) is 3.37. The highest BCUT2D eigenvalue weighted by Crippen LogP contribution is 2.29. The first-order chi connectivity index (χ1) is 16.1. The predicted molar refractivity (Wildman–Crippen MR) is 132 cm³/mol. The highest BCUT2D eigenvalue weighted by atomic mass is 32.1. The molecule has 0 saturated heterocycles. The van der Waals surface area contributed by atoms with Gasteiger partial charge in [0.05, 0.1) is 11.1 Å². The summed E-state index contributed by atoms with van der Waals surface area (Å²) in [5.74, 6) is 2.22. The summed E-state index contributed by atoms with van der Waals surface area (Å²) >= 11 is 1.34. The number of unbranched alkanes of at least 4 members (excludes halogenated alkanes) is 2. The molecule has 2 aromatic heterocycles. The smallest absolute Gasteiger partial charge is 0.291 e. The van der Waals surface area contributed by atoms with Gasteiger partial charge in [-0.25, -0.2) is 0 Å². The van der Waals surface area contributed by atoms with Crippen LogP contribution in [-0.4, -0.2) is 27.3 Å². The molecule has 4 aromatic rings. The van der Waals surface area contributed by atoms with E-state index in [1.807, 2.05) is 61.5 Å². The topological polar surface area (TPSA) is 65.7 Å². The van der Waals surface area contributed by atoms with Crippen molar-refractivity contribution in [3.05, 3.63) is 74.6 Å². The first kappa shape index (κ1) is 21.4. The highest BCUT2D eigenvalue weighted by Gasteiger charge is 2.18. The number of para-hydroxylation sites is 1. The Morgan fingerprint density at radius 1 is 1.15 bits per heavy atom. The van der Waals surface area contributed by atoms with Crippen LogP contribution in [0.2, 0.25) is 0 Å². The minimum atomic E-state index is -0.170. The maximum absolute atomic E-state index is 13.0. The van der Waals surface area contributed by atoms with Crippen molar-refractivity contribution in [2.75, 3.05) is 6.61 Å². The van der Waals surface area contributed by atoms with Gasteiger partial charge in [0, 0.05) is 11.1 Å². The molecule has 5 rings (SSSR count). The fourth-order valence-electron chi connectivity index (χ4n) is 3.77. The van der Waals surface area contributed by atoms with Gasteiger partial charge in [-0.2, -0.15) is 9.50 Å². The first-order valence-corrected chi connectivity index (χ1v) is 12.1. The summed E-state index contributed by atoms with van der Waals surface area (Å²) in [5, 5.41) is 4.46. The van der Waals surface area contributed by atoms with Crippen molar-refractivity contribution in [2.24, 2.45) is 0 Å². The third-order valence-corrected chi connectivity index (χ3v) is 6.58. The number of aromatic nitrogens is 3. The van der Waals surface area contributed by atoms with Gasteiger partial charge in [-0.05, 0) is 61.4 Å². The molecule has 0 spiro atoms. The number of benzene rings is 2. The molecule has 0 saturated carbocycles. The van der Waals surface area contributed by atoms with Crippen molar-refractivity contribution in [3.63, 3.8) is 0 Å². The van der Waals surface area contributed by atoms with E-state index < -0.39 is 0 Å². The molecule has 0 amide bonds. The highest BCUT2D eigenvalue weighted by molar-refractivity contribution is 7.15. The number of fused-ring (bicyclic) bond motifs is 2. The van der Waals surface area contributed by atoms with Crippen LogP contribution in [0.15, 0.2) is 58.9 Å². The molecular weight excluding hydrogens is 434 g/mol. The van der Waals surface area contributed by atoms with Crippen LogP contribution in [0, 0.1) is 0 Å². The molecule has 33 heavy (non-hydrogen) atoms. The quantitative estimate of drug-likeness (QED) is 0.373. The van der Waals surface area contributed by atoms with E-state index in [-0.39, 0.29) is 11.7 Å². The first-order valence-electron chi connectivity index (χ1n) is 11.2. The minimum absolute atomic E-state index is 0.139. The Hall–Kier alpha value is -3.45. The Morgan fingerprint density at radius 3 is 2.76 bits per heavy atom. The summed E-state index contributed by atoms with van der Waals surface area (Å²) in [6, 6.07) is 15.6. The Kier molecular flexibility index (Phi) is 5.96. The zero-order valence-corrected chi connectivity index (χ0v) is 19.5. The average molecular weight is 460 g/mol. The zero-order valence-electron chi connectivity index (χ0n) is 18.7. The number of thiazole rings is 1. The SMILES string of the molecule is CCCCCOc1ccc(-c2nc3s/c(=C\C4=Cc5ccccc5O[C@H]4C)c(=O)n3n2)cc1. The summed E-state index contributed by atoms with van der Waals surface area (Å²) in [6.45, 7) is 4.87. The second-order valence-electron chi connectivity index (χ2n) is 8.07. The summed E-state index contributed by atoms with van der Waals surface area (Å²) in [4.78, 5) is 18.1. The van der Waals surface area contributed by atoms with E-state index in [1.54, 1.807) is 0 Å². The van der Waals surface area contributed by atoms with Crippen LogP contribution in [0.4, 0.5) is 0 Å². The van der Waals surface area contributed by atoms with Gasteiger partial charge in [0.1, 0.15) is 17.6 Å². The Bertz CT molecular complexity index is 1420. The monoisotopic (exact) mass is 459 g/mol. The zero-order chi connectivity index (χ0) is 22.8. The van der Waals surface area contributed by atoms with Gasteiger partial charge in [-0.1, -0.05) is 49.3 Å². The van der Waals surface area contributed by atoms with Crippen molar-refractivity contribution in [2.45, 2.75) is 39.2 Å². The molecule has 168 valence electrons. The van der Waals surface area contributed by atoms with Crippen LogP contribution in [0.3, 0.4) is 0 Å². The third-order valence-electron chi connectivity index (χ3n) is 5.62. The predicted octanol–water partition coefficient (Wildman–Crippen LogP) is 4.75. The molecule has 0 unspecified atom stereocenters. The molecule has 3 heterocycles. The molecule has 0 aliphatic carbocycles. The van der Waals surface area contributed by atoms with Crippen molar-refractivity contribution >= 4 is 28.4 Å². The molecule has 0 fully saturated rings. The lowest BCUT2D eigenvalue weighted by Crippen LogP contribution is -2.26. The van der Waals surface area contributed by atoms with E-state index >= 15 is 0 Å². The molecule has 1 aliphatic rings. The van der Waals surface area contributed by atoms with Crippen LogP contribution >= 0.6 is 11.3 Å². The van der Waals surface area contributed by atoms with Crippen LogP contribution in [0.25, 0.3) is 28.5 Å². The molecule has 7 heteroatoms. The van der Waals surface area contributed by atoms with Gasteiger partial charge in [0.15, 0.2) is 5.82 Å². The van der Waals surface area contributed by atoms with E-state index in [9.17, 15) is 4.79 Å². The number of nitrogens with zero attached hydrogens (tertiary/aromatic N) is 3. The maximum Gasteiger partial charge on any atom is 0.291 e. The lowest BCUT2D eigenvalue weighted by atomic mass is 10.0. The lowest BCUT2D eigenvalue weighted by molar-refractivity contribution is 0.259. The molecule has 6 nitrogen and oxygen atoms in total. The number of ether oxygens (including phenoxy) is 2. The third kappa shape index (κ3) is 4.41. The van der Waals surface area contributed by atoms with Crippen LogP contribution in [0.1, 0.15) is 38.7 Å². The number of rotatable bonds is 7. The largest absolute Gasteiger partial charge is 0.494 e. The second-order valence-corrected chi connectivity index (χ2v) is 9.08. The van der Waals surface area contributed by atoms with Crippen molar-refractivity contribution in [1.29, 1.82) is 0 Å². The summed E-state index contributed by atoms with van der Waals surface area (Å²) in [7, 11) is 0. The van der Waals surface area contributed by atoms with Gasteiger partial charge in [-0.15, -0.1) is 5.10 Å². The maximum atomic E-state index is 13.0. The van der Waals surface area contributed by atoms with Crippen molar-refractivity contribution in [3.8, 4) is 22.9 Å². The fourth-order valence-corrected chi connectivity index (χ4v) is 4.68. The summed E-state index contributed by atoms with van der Waals surface area (Å²) < 4.78 is 13.7. The van der Waals surface area contributed by atoms with E-state index in [0.29, 0.717) is 15.3 Å². The van der Waals surface area contributed by atoms with E-state index in [4.69, 9.17) is 9.47 Å². The molecule has 1 atom stereocenters. The summed E-state index contributed by atoms with van der Waals surface area (Å²) in [5.41, 5.74) is 2.64. The molecular formula is C26H25N3O3S. The van der Waals surface area contributed by atoms with Crippen molar-refractivity contribution < 1.29 is 9.47 Å². The molecule has 1 aliphatic heterocycles. The Balaban J connectivity index is 1.39. The molecule has 0 radical (unpaired) electrons.